The van der Waals surface area contributed by atoms with Crippen molar-refractivity contribution in [2.24, 2.45) is 5.92 Å². The molecule has 2 unspecified atom stereocenters. The second kappa shape index (κ2) is 7.21. The van der Waals surface area contributed by atoms with Gasteiger partial charge in [0.05, 0.1) is 0 Å². The number of rotatable bonds is 6. The van der Waals surface area contributed by atoms with E-state index < -0.39 is 0 Å². The van der Waals surface area contributed by atoms with E-state index in [0.29, 0.717) is 6.04 Å². The van der Waals surface area contributed by atoms with Crippen molar-refractivity contribution >= 4 is 22.7 Å². The molecule has 2 heterocycles. The maximum atomic E-state index is 3.81. The number of hydrogen-bond acceptors (Lipinski definition) is 3. The van der Waals surface area contributed by atoms with Gasteiger partial charge in [-0.05, 0) is 54.6 Å². The molecule has 0 saturated heterocycles. The van der Waals surface area contributed by atoms with Crippen LogP contribution >= 0.6 is 22.7 Å². The van der Waals surface area contributed by atoms with E-state index in [2.05, 4.69) is 52.5 Å². The van der Waals surface area contributed by atoms with E-state index in [9.17, 15) is 0 Å². The third-order valence-electron chi connectivity index (χ3n) is 3.90. The maximum absolute atomic E-state index is 3.81. The first-order valence-electron chi connectivity index (χ1n) is 7.36. The smallest absolute Gasteiger partial charge is 0.0463 e. The van der Waals surface area contributed by atoms with Crippen LogP contribution in [0, 0.1) is 5.92 Å². The monoisotopic (exact) mass is 303 g/mol. The number of nitrogens with one attached hydrogen (secondary N) is 1. The van der Waals surface area contributed by atoms with E-state index in [0.717, 1.165) is 18.9 Å². The molecule has 2 aromatic heterocycles. The zero-order valence-corrected chi connectivity index (χ0v) is 13.3. The van der Waals surface area contributed by atoms with Gasteiger partial charge >= 0.3 is 0 Å². The fraction of sp³-hybridized carbons (Fsp3) is 0.412. The van der Waals surface area contributed by atoms with E-state index in [4.69, 9.17) is 0 Å². The summed E-state index contributed by atoms with van der Waals surface area (Å²) in [5.41, 5.74) is 0. The fourth-order valence-electron chi connectivity index (χ4n) is 2.74. The third kappa shape index (κ3) is 3.81. The van der Waals surface area contributed by atoms with Gasteiger partial charge in [0.1, 0.15) is 0 Å². The molecule has 1 N–H and O–H groups in total. The maximum Gasteiger partial charge on any atom is 0.0463 e. The Bertz CT molecular complexity index is 513. The molecular weight excluding hydrogens is 282 g/mol. The Hall–Kier alpha value is -0.900. The van der Waals surface area contributed by atoms with Crippen LogP contribution in [-0.2, 0) is 6.42 Å². The molecule has 0 spiro atoms. The van der Waals surface area contributed by atoms with Gasteiger partial charge in [-0.1, -0.05) is 24.3 Å². The lowest BCUT2D eigenvalue weighted by Gasteiger charge is -2.23. The van der Waals surface area contributed by atoms with Crippen molar-refractivity contribution in [1.82, 2.24) is 5.32 Å². The van der Waals surface area contributed by atoms with Gasteiger partial charge in [-0.2, -0.15) is 0 Å². The first-order valence-corrected chi connectivity index (χ1v) is 9.12. The van der Waals surface area contributed by atoms with Crippen molar-refractivity contribution < 1.29 is 0 Å². The summed E-state index contributed by atoms with van der Waals surface area (Å²) in [6.45, 7) is 1.14. The lowest BCUT2D eigenvalue weighted by molar-refractivity contribution is 0.407. The summed E-state index contributed by atoms with van der Waals surface area (Å²) in [7, 11) is 0. The summed E-state index contributed by atoms with van der Waals surface area (Å²) in [5.74, 6) is 0.811. The Morgan fingerprint density at radius 3 is 2.75 bits per heavy atom. The summed E-state index contributed by atoms with van der Waals surface area (Å²) < 4.78 is 0. The summed E-state index contributed by atoms with van der Waals surface area (Å²) in [4.78, 5) is 2.93. The second-order valence-electron chi connectivity index (χ2n) is 5.41. The zero-order valence-electron chi connectivity index (χ0n) is 11.6. The highest BCUT2D eigenvalue weighted by molar-refractivity contribution is 7.10. The van der Waals surface area contributed by atoms with E-state index in [1.54, 1.807) is 0 Å². The van der Waals surface area contributed by atoms with Crippen molar-refractivity contribution in [2.75, 3.05) is 6.54 Å². The SMILES string of the molecule is C1=CCC(CNC(Cc2cccs2)c2cccs2)CC1. The minimum Gasteiger partial charge on any atom is -0.309 e. The fourth-order valence-corrected chi connectivity index (χ4v) is 4.30. The summed E-state index contributed by atoms with van der Waals surface area (Å²) >= 11 is 3.73. The highest BCUT2D eigenvalue weighted by Gasteiger charge is 2.16. The van der Waals surface area contributed by atoms with Gasteiger partial charge in [0.15, 0.2) is 0 Å². The molecule has 0 aliphatic heterocycles. The molecule has 0 radical (unpaired) electrons. The first kappa shape index (κ1) is 14.1. The summed E-state index contributed by atoms with van der Waals surface area (Å²) in [5, 5.41) is 8.17. The molecule has 0 fully saturated rings. The zero-order chi connectivity index (χ0) is 13.6. The Kier molecular flexibility index (Phi) is 5.06. The van der Waals surface area contributed by atoms with Crippen LogP contribution in [0.4, 0.5) is 0 Å². The summed E-state index contributed by atoms with van der Waals surface area (Å²) in [6.07, 6.45) is 9.60. The van der Waals surface area contributed by atoms with Crippen molar-refractivity contribution in [1.29, 1.82) is 0 Å². The van der Waals surface area contributed by atoms with Crippen LogP contribution in [0.15, 0.2) is 47.2 Å². The van der Waals surface area contributed by atoms with Crippen LogP contribution in [0.25, 0.3) is 0 Å². The minimum absolute atomic E-state index is 0.472. The molecule has 2 atom stereocenters. The number of allylic oxidation sites excluding steroid dienone is 2. The van der Waals surface area contributed by atoms with Crippen LogP contribution in [0.1, 0.15) is 35.1 Å². The lowest BCUT2D eigenvalue weighted by Crippen LogP contribution is -2.28. The largest absolute Gasteiger partial charge is 0.309 e. The van der Waals surface area contributed by atoms with Crippen LogP contribution < -0.4 is 5.32 Å². The molecule has 0 saturated carbocycles. The summed E-state index contributed by atoms with van der Waals surface area (Å²) in [6, 6.07) is 9.29. The van der Waals surface area contributed by atoms with E-state index >= 15 is 0 Å². The molecular formula is C17H21NS2. The van der Waals surface area contributed by atoms with E-state index in [1.807, 2.05) is 22.7 Å². The van der Waals surface area contributed by atoms with Crippen molar-refractivity contribution in [3.8, 4) is 0 Å². The highest BCUT2D eigenvalue weighted by atomic mass is 32.1. The Morgan fingerprint density at radius 2 is 2.05 bits per heavy atom. The molecule has 1 aliphatic carbocycles. The molecule has 2 aromatic rings. The van der Waals surface area contributed by atoms with Crippen LogP contribution in [0.2, 0.25) is 0 Å². The number of hydrogen-bond donors (Lipinski definition) is 1. The number of thiophene rings is 2. The average molecular weight is 303 g/mol. The Labute approximate surface area is 129 Å². The molecule has 3 rings (SSSR count). The molecule has 20 heavy (non-hydrogen) atoms. The van der Waals surface area contributed by atoms with Crippen LogP contribution in [-0.4, -0.2) is 6.54 Å². The van der Waals surface area contributed by atoms with Crippen molar-refractivity contribution in [3.05, 3.63) is 56.9 Å². The predicted octanol–water partition coefficient (Wildman–Crippen LogP) is 5.04. The van der Waals surface area contributed by atoms with Crippen molar-refractivity contribution in [2.45, 2.75) is 31.7 Å². The standard InChI is InChI=1S/C17H21NS2/c1-2-6-14(7-3-1)13-18-16(17-9-5-11-20-17)12-15-8-4-10-19-15/h1-2,4-5,8-11,14,16,18H,3,6-7,12-13H2. The molecule has 1 aliphatic rings. The van der Waals surface area contributed by atoms with Gasteiger partial charge in [-0.3, -0.25) is 0 Å². The van der Waals surface area contributed by atoms with Crippen LogP contribution in [0.5, 0.6) is 0 Å². The molecule has 1 nitrogen and oxygen atoms in total. The third-order valence-corrected chi connectivity index (χ3v) is 5.79. The van der Waals surface area contributed by atoms with Gasteiger partial charge in [0.2, 0.25) is 0 Å². The van der Waals surface area contributed by atoms with Crippen LogP contribution in [0.3, 0.4) is 0 Å². The van der Waals surface area contributed by atoms with E-state index in [1.165, 1.54) is 29.0 Å². The second-order valence-corrected chi connectivity index (χ2v) is 7.42. The molecule has 0 amide bonds. The normalized spacial score (nSPS) is 20.1. The molecule has 106 valence electrons. The minimum atomic E-state index is 0.472. The quantitative estimate of drug-likeness (QED) is 0.737. The van der Waals surface area contributed by atoms with Crippen molar-refractivity contribution in [3.63, 3.8) is 0 Å². The average Bonchev–Trinajstić information content (AvgIpc) is 3.17. The van der Waals surface area contributed by atoms with Gasteiger partial charge in [0.25, 0.3) is 0 Å². The van der Waals surface area contributed by atoms with Gasteiger partial charge in [-0.25, -0.2) is 0 Å². The lowest BCUT2D eigenvalue weighted by atomic mass is 9.94. The van der Waals surface area contributed by atoms with Gasteiger partial charge in [-0.15, -0.1) is 22.7 Å². The van der Waals surface area contributed by atoms with Gasteiger partial charge in [0, 0.05) is 22.2 Å². The molecule has 0 aromatic carbocycles. The van der Waals surface area contributed by atoms with Gasteiger partial charge < -0.3 is 5.32 Å². The molecule has 3 heteroatoms. The Balaban J connectivity index is 1.61. The Morgan fingerprint density at radius 1 is 1.15 bits per heavy atom. The first-order chi connectivity index (χ1) is 9.92. The molecule has 0 bridgehead atoms. The topological polar surface area (TPSA) is 12.0 Å². The predicted molar refractivity (Wildman–Crippen MR) is 89.6 cm³/mol. The highest BCUT2D eigenvalue weighted by Crippen LogP contribution is 2.26. The van der Waals surface area contributed by atoms with E-state index in [-0.39, 0.29) is 0 Å².